The number of aryl methyl sites for hydroxylation is 1. The van der Waals surface area contributed by atoms with Gasteiger partial charge < -0.3 is 10.1 Å². The summed E-state index contributed by atoms with van der Waals surface area (Å²) >= 11 is 0. The van der Waals surface area contributed by atoms with Crippen molar-refractivity contribution in [2.75, 3.05) is 12.4 Å². The summed E-state index contributed by atoms with van der Waals surface area (Å²) in [5, 5.41) is 3.60. The fourth-order valence-corrected chi connectivity index (χ4v) is 3.13. The lowest BCUT2D eigenvalue weighted by Crippen LogP contribution is -2.22. The lowest BCUT2D eigenvalue weighted by Gasteiger charge is -2.18. The zero-order valence-corrected chi connectivity index (χ0v) is 14.2. The Morgan fingerprint density at radius 1 is 1.22 bits per heavy atom. The third-order valence-electron chi connectivity index (χ3n) is 4.42. The first kappa shape index (κ1) is 15.8. The first-order valence-corrected chi connectivity index (χ1v) is 8.41. The van der Waals surface area contributed by atoms with Gasteiger partial charge in [0.2, 0.25) is 0 Å². The predicted molar refractivity (Wildman–Crippen MR) is 93.2 cm³/mol. The van der Waals surface area contributed by atoms with Gasteiger partial charge in [-0.05, 0) is 55.0 Å². The maximum atomic E-state index is 5.38. The second-order valence-corrected chi connectivity index (χ2v) is 6.53. The van der Waals surface area contributed by atoms with E-state index in [1.54, 1.807) is 7.11 Å². The normalized spacial score (nSPS) is 17.5. The van der Waals surface area contributed by atoms with Crippen LogP contribution in [0, 0.1) is 0 Å². The molecule has 0 saturated carbocycles. The summed E-state index contributed by atoms with van der Waals surface area (Å²) in [6, 6.07) is 8.81. The van der Waals surface area contributed by atoms with E-state index in [1.807, 2.05) is 12.3 Å². The van der Waals surface area contributed by atoms with E-state index in [0.29, 0.717) is 12.0 Å². The highest BCUT2D eigenvalue weighted by Crippen LogP contribution is 2.26. The number of rotatable bonds is 4. The second-order valence-electron chi connectivity index (χ2n) is 6.53. The van der Waals surface area contributed by atoms with Crippen LogP contribution in [0.5, 0.6) is 5.75 Å². The fourth-order valence-electron chi connectivity index (χ4n) is 3.13. The van der Waals surface area contributed by atoms with Crippen LogP contribution in [0.15, 0.2) is 30.5 Å². The average Bonchev–Trinajstić information content (AvgIpc) is 2.75. The summed E-state index contributed by atoms with van der Waals surface area (Å²) in [5.41, 5.74) is 2.83. The largest absolute Gasteiger partial charge is 0.497 e. The molecule has 0 bridgehead atoms. The quantitative estimate of drug-likeness (QED) is 0.868. The van der Waals surface area contributed by atoms with Crippen molar-refractivity contribution in [3.63, 3.8) is 0 Å². The Kier molecular flexibility index (Phi) is 4.79. The van der Waals surface area contributed by atoms with E-state index >= 15 is 0 Å². The molecule has 0 spiro atoms. The van der Waals surface area contributed by atoms with E-state index in [1.165, 1.54) is 17.5 Å². The first-order chi connectivity index (χ1) is 11.2. The third-order valence-corrected chi connectivity index (χ3v) is 4.42. The van der Waals surface area contributed by atoms with Crippen molar-refractivity contribution in [2.24, 2.45) is 0 Å². The van der Waals surface area contributed by atoms with E-state index in [9.17, 15) is 0 Å². The number of hydrogen-bond donors (Lipinski definition) is 1. The maximum Gasteiger partial charge on any atom is 0.133 e. The molecule has 1 aromatic heterocycles. The van der Waals surface area contributed by atoms with Gasteiger partial charge in [0.15, 0.2) is 0 Å². The molecule has 23 heavy (non-hydrogen) atoms. The summed E-state index contributed by atoms with van der Waals surface area (Å²) in [6.07, 6.45) is 6.33. The molecular weight excluding hydrogens is 286 g/mol. The van der Waals surface area contributed by atoms with Crippen molar-refractivity contribution in [1.29, 1.82) is 0 Å². The topological polar surface area (TPSA) is 47.0 Å². The minimum absolute atomic E-state index is 0.343. The van der Waals surface area contributed by atoms with Crippen LogP contribution in [0.25, 0.3) is 0 Å². The van der Waals surface area contributed by atoms with Crippen LogP contribution in [0.2, 0.25) is 0 Å². The Labute approximate surface area is 138 Å². The van der Waals surface area contributed by atoms with Gasteiger partial charge >= 0.3 is 0 Å². The van der Waals surface area contributed by atoms with Gasteiger partial charge in [-0.25, -0.2) is 9.97 Å². The zero-order valence-electron chi connectivity index (χ0n) is 14.2. The van der Waals surface area contributed by atoms with Gasteiger partial charge in [-0.3, -0.25) is 0 Å². The molecular formula is C19H25N3O. The molecule has 0 fully saturated rings. The first-order valence-electron chi connectivity index (χ1n) is 8.41. The van der Waals surface area contributed by atoms with Crippen LogP contribution in [0.3, 0.4) is 0 Å². The Morgan fingerprint density at radius 3 is 2.87 bits per heavy atom. The molecule has 1 atom stereocenters. The average molecular weight is 311 g/mol. The number of hydrogen-bond acceptors (Lipinski definition) is 4. The van der Waals surface area contributed by atoms with Gasteiger partial charge in [0.1, 0.15) is 17.4 Å². The second kappa shape index (κ2) is 6.99. The van der Waals surface area contributed by atoms with E-state index in [-0.39, 0.29) is 0 Å². The fraction of sp³-hybridized carbons (Fsp3) is 0.474. The summed E-state index contributed by atoms with van der Waals surface area (Å²) in [5.74, 6) is 3.11. The van der Waals surface area contributed by atoms with Crippen molar-refractivity contribution in [2.45, 2.75) is 51.5 Å². The van der Waals surface area contributed by atoms with Crippen molar-refractivity contribution >= 4 is 5.82 Å². The minimum Gasteiger partial charge on any atom is -0.497 e. The molecule has 1 N–H and O–H groups in total. The van der Waals surface area contributed by atoms with Crippen LogP contribution in [-0.4, -0.2) is 23.1 Å². The van der Waals surface area contributed by atoms with Crippen LogP contribution < -0.4 is 10.1 Å². The van der Waals surface area contributed by atoms with Gasteiger partial charge in [0, 0.05) is 18.2 Å². The molecule has 4 nitrogen and oxygen atoms in total. The number of nitrogens with one attached hydrogen (secondary N) is 1. The molecule has 1 heterocycles. The van der Waals surface area contributed by atoms with Crippen molar-refractivity contribution in [3.05, 3.63) is 47.4 Å². The van der Waals surface area contributed by atoms with E-state index in [0.717, 1.165) is 36.7 Å². The molecule has 122 valence electrons. The number of aromatic nitrogens is 2. The van der Waals surface area contributed by atoms with Crippen molar-refractivity contribution < 1.29 is 4.74 Å². The van der Waals surface area contributed by atoms with Gasteiger partial charge in [0.05, 0.1) is 7.11 Å². The molecule has 1 aliphatic rings. The number of nitrogens with zero attached hydrogens (tertiary/aromatic N) is 2. The van der Waals surface area contributed by atoms with Crippen LogP contribution in [-0.2, 0) is 12.8 Å². The highest BCUT2D eigenvalue weighted by atomic mass is 16.5. The van der Waals surface area contributed by atoms with Gasteiger partial charge in [0.25, 0.3) is 0 Å². The molecule has 2 aromatic rings. The summed E-state index contributed by atoms with van der Waals surface area (Å²) in [4.78, 5) is 8.98. The zero-order chi connectivity index (χ0) is 16.2. The SMILES string of the molecule is COc1ccc2c(c1)CC(Nc1ccnc(C(C)C)n1)CCC2. The monoisotopic (exact) mass is 311 g/mol. The number of fused-ring (bicyclic) bond motifs is 1. The molecule has 1 unspecified atom stereocenters. The molecule has 4 heteroatoms. The van der Waals surface area contributed by atoms with E-state index in [2.05, 4.69) is 47.3 Å². The lowest BCUT2D eigenvalue weighted by molar-refractivity contribution is 0.414. The van der Waals surface area contributed by atoms with Crippen LogP contribution >= 0.6 is 0 Å². The molecule has 3 rings (SSSR count). The Balaban J connectivity index is 1.77. The number of anilines is 1. The van der Waals surface area contributed by atoms with Gasteiger partial charge in [-0.2, -0.15) is 0 Å². The molecule has 0 saturated heterocycles. The summed E-state index contributed by atoms with van der Waals surface area (Å²) in [7, 11) is 1.72. The highest BCUT2D eigenvalue weighted by Gasteiger charge is 2.18. The predicted octanol–water partition coefficient (Wildman–Crippen LogP) is 3.97. The van der Waals surface area contributed by atoms with Crippen LogP contribution in [0.1, 0.15) is 49.6 Å². The number of methoxy groups -OCH3 is 1. The van der Waals surface area contributed by atoms with Crippen molar-refractivity contribution in [1.82, 2.24) is 9.97 Å². The van der Waals surface area contributed by atoms with E-state index < -0.39 is 0 Å². The van der Waals surface area contributed by atoms with E-state index in [4.69, 9.17) is 4.74 Å². The van der Waals surface area contributed by atoms with Crippen molar-refractivity contribution in [3.8, 4) is 5.75 Å². The van der Waals surface area contributed by atoms with Gasteiger partial charge in [-0.1, -0.05) is 19.9 Å². The number of benzene rings is 1. The van der Waals surface area contributed by atoms with Crippen LogP contribution in [0.4, 0.5) is 5.82 Å². The molecule has 0 amide bonds. The standard InChI is InChI=1S/C19H25N3O/c1-13(2)19-20-10-9-18(22-19)21-16-6-4-5-14-7-8-17(23-3)12-15(14)11-16/h7-10,12-13,16H,4-6,11H2,1-3H3,(H,20,21,22). The molecule has 1 aliphatic carbocycles. The van der Waals surface area contributed by atoms with Gasteiger partial charge in [-0.15, -0.1) is 0 Å². The summed E-state index contributed by atoms with van der Waals surface area (Å²) in [6.45, 7) is 4.24. The Bertz CT molecular complexity index is 669. The lowest BCUT2D eigenvalue weighted by atomic mass is 10.0. The molecule has 0 radical (unpaired) electrons. The molecule has 0 aliphatic heterocycles. The third kappa shape index (κ3) is 3.81. The smallest absolute Gasteiger partial charge is 0.133 e. The molecule has 1 aromatic carbocycles. The maximum absolute atomic E-state index is 5.38. The number of ether oxygens (including phenoxy) is 1. The Morgan fingerprint density at radius 2 is 2.09 bits per heavy atom. The highest BCUT2D eigenvalue weighted by molar-refractivity contribution is 5.40. The minimum atomic E-state index is 0.343. The summed E-state index contributed by atoms with van der Waals surface area (Å²) < 4.78 is 5.38. The Hall–Kier alpha value is -2.10.